The molecule has 0 spiro atoms. The van der Waals surface area contributed by atoms with Crippen LogP contribution in [-0.2, 0) is 14.4 Å². The Hall–Kier alpha value is -1.59. The van der Waals surface area contributed by atoms with Crippen LogP contribution >= 0.6 is 0 Å². The largest absolute Gasteiger partial charge is 0.480 e. The summed E-state index contributed by atoms with van der Waals surface area (Å²) in [4.78, 5) is 33.7. The van der Waals surface area contributed by atoms with Crippen molar-refractivity contribution in [3.05, 3.63) is 0 Å². The molecule has 2 aliphatic carbocycles. The third kappa shape index (κ3) is 3.71. The van der Waals surface area contributed by atoms with Crippen molar-refractivity contribution in [2.24, 2.45) is 23.5 Å². The highest BCUT2D eigenvalue weighted by molar-refractivity contribution is 5.84. The van der Waals surface area contributed by atoms with Gasteiger partial charge < -0.3 is 16.2 Å². The van der Waals surface area contributed by atoms with Crippen molar-refractivity contribution in [1.82, 2.24) is 5.32 Å². The highest BCUT2D eigenvalue weighted by Crippen LogP contribution is 2.49. The number of carboxylic acids is 1. The van der Waals surface area contributed by atoms with E-state index in [9.17, 15) is 14.4 Å². The average Bonchev–Trinajstić information content (AvgIpc) is 2.95. The average molecular weight is 282 g/mol. The maximum atomic E-state index is 11.9. The van der Waals surface area contributed by atoms with Crippen molar-refractivity contribution in [1.29, 1.82) is 0 Å². The summed E-state index contributed by atoms with van der Waals surface area (Å²) in [5, 5.41) is 11.5. The zero-order valence-electron chi connectivity index (χ0n) is 11.5. The lowest BCUT2D eigenvalue weighted by molar-refractivity contribution is -0.142. The molecule has 0 heterocycles. The molecule has 6 heteroatoms. The Kier molecular flexibility index (Phi) is 4.62. The monoisotopic (exact) mass is 282 g/mol. The topological polar surface area (TPSA) is 109 Å². The molecule has 0 aromatic carbocycles. The van der Waals surface area contributed by atoms with Crippen LogP contribution in [0.4, 0.5) is 0 Å². The molecule has 2 amide bonds. The number of hydrogen-bond acceptors (Lipinski definition) is 3. The summed E-state index contributed by atoms with van der Waals surface area (Å²) in [7, 11) is 0. The Morgan fingerprint density at radius 3 is 2.50 bits per heavy atom. The van der Waals surface area contributed by atoms with Crippen LogP contribution < -0.4 is 11.1 Å². The summed E-state index contributed by atoms with van der Waals surface area (Å²) in [5.41, 5.74) is 5.00. The first kappa shape index (κ1) is 14.8. The van der Waals surface area contributed by atoms with Gasteiger partial charge in [0.15, 0.2) is 0 Å². The van der Waals surface area contributed by atoms with E-state index in [2.05, 4.69) is 5.32 Å². The zero-order chi connectivity index (χ0) is 14.7. The SMILES string of the molecule is NC(=O)CCC(NC(=O)CC1CC2CCC1C2)C(=O)O. The van der Waals surface area contributed by atoms with Crippen molar-refractivity contribution in [3.8, 4) is 0 Å². The minimum Gasteiger partial charge on any atom is -0.480 e. The first-order valence-electron chi connectivity index (χ1n) is 7.26. The van der Waals surface area contributed by atoms with Gasteiger partial charge in [0.1, 0.15) is 6.04 Å². The van der Waals surface area contributed by atoms with Crippen molar-refractivity contribution in [3.63, 3.8) is 0 Å². The van der Waals surface area contributed by atoms with Crippen LogP contribution in [0, 0.1) is 17.8 Å². The fourth-order valence-electron chi connectivity index (χ4n) is 3.66. The predicted molar refractivity (Wildman–Crippen MR) is 71.5 cm³/mol. The smallest absolute Gasteiger partial charge is 0.326 e. The minimum absolute atomic E-state index is 0.0363. The second-order valence-electron chi connectivity index (χ2n) is 6.10. The van der Waals surface area contributed by atoms with E-state index >= 15 is 0 Å². The maximum Gasteiger partial charge on any atom is 0.326 e. The maximum absolute atomic E-state index is 11.9. The van der Waals surface area contributed by atoms with Gasteiger partial charge in [-0.05, 0) is 43.4 Å². The van der Waals surface area contributed by atoms with Gasteiger partial charge in [-0.25, -0.2) is 4.79 Å². The Labute approximate surface area is 118 Å². The van der Waals surface area contributed by atoms with Gasteiger partial charge in [-0.3, -0.25) is 9.59 Å². The van der Waals surface area contributed by atoms with Crippen LogP contribution in [-0.4, -0.2) is 28.9 Å². The first-order valence-corrected chi connectivity index (χ1v) is 7.26. The normalized spacial score (nSPS) is 29.1. The number of amides is 2. The van der Waals surface area contributed by atoms with Gasteiger partial charge in [-0.2, -0.15) is 0 Å². The number of nitrogens with two attached hydrogens (primary N) is 1. The molecule has 2 aliphatic rings. The molecule has 0 aromatic heterocycles. The van der Waals surface area contributed by atoms with Gasteiger partial charge in [0.2, 0.25) is 11.8 Å². The number of rotatable bonds is 7. The van der Waals surface area contributed by atoms with Crippen LogP contribution in [0.3, 0.4) is 0 Å². The van der Waals surface area contributed by atoms with Gasteiger partial charge in [-0.1, -0.05) is 6.42 Å². The molecule has 6 nitrogen and oxygen atoms in total. The van der Waals surface area contributed by atoms with E-state index in [0.717, 1.165) is 12.3 Å². The summed E-state index contributed by atoms with van der Waals surface area (Å²) in [6.45, 7) is 0. The molecule has 2 bridgehead atoms. The van der Waals surface area contributed by atoms with Crippen LogP contribution in [0.2, 0.25) is 0 Å². The van der Waals surface area contributed by atoms with E-state index < -0.39 is 17.9 Å². The quantitative estimate of drug-likeness (QED) is 0.636. The molecular weight excluding hydrogens is 260 g/mol. The van der Waals surface area contributed by atoms with Gasteiger partial charge in [0.25, 0.3) is 0 Å². The highest BCUT2D eigenvalue weighted by Gasteiger charge is 2.40. The number of fused-ring (bicyclic) bond motifs is 2. The number of carboxylic acid groups (broad SMARTS) is 1. The van der Waals surface area contributed by atoms with Gasteiger partial charge in [0, 0.05) is 12.8 Å². The van der Waals surface area contributed by atoms with E-state index in [0.29, 0.717) is 18.3 Å². The molecule has 0 radical (unpaired) electrons. The zero-order valence-corrected chi connectivity index (χ0v) is 11.5. The van der Waals surface area contributed by atoms with E-state index in [1.54, 1.807) is 0 Å². The number of aliphatic carboxylic acids is 1. The molecule has 0 aromatic rings. The van der Waals surface area contributed by atoms with E-state index in [-0.39, 0.29) is 18.7 Å². The lowest BCUT2D eigenvalue weighted by Crippen LogP contribution is -2.42. The number of hydrogen-bond donors (Lipinski definition) is 3. The standard InChI is InChI=1S/C14H22N2O4/c15-12(17)4-3-11(14(19)20)16-13(18)7-10-6-8-1-2-9(10)5-8/h8-11H,1-7H2,(H2,15,17)(H,16,18)(H,19,20). The number of carbonyl (C=O) groups excluding carboxylic acids is 2. The van der Waals surface area contributed by atoms with Crippen LogP contribution in [0.25, 0.3) is 0 Å². The summed E-state index contributed by atoms with van der Waals surface area (Å²) >= 11 is 0. The van der Waals surface area contributed by atoms with Crippen LogP contribution in [0.1, 0.15) is 44.9 Å². The molecule has 112 valence electrons. The Morgan fingerprint density at radius 1 is 1.25 bits per heavy atom. The van der Waals surface area contributed by atoms with Crippen LogP contribution in [0.15, 0.2) is 0 Å². The fraction of sp³-hybridized carbons (Fsp3) is 0.786. The molecule has 4 N–H and O–H groups in total. The summed E-state index contributed by atoms with van der Waals surface area (Å²) < 4.78 is 0. The van der Waals surface area contributed by atoms with Gasteiger partial charge in [0.05, 0.1) is 0 Å². The first-order chi connectivity index (χ1) is 9.45. The summed E-state index contributed by atoms with van der Waals surface area (Å²) in [5.74, 6) is -0.0903. The molecule has 2 rings (SSSR count). The third-order valence-electron chi connectivity index (χ3n) is 4.64. The van der Waals surface area contributed by atoms with E-state index in [4.69, 9.17) is 10.8 Å². The number of carbonyl (C=O) groups is 3. The fourth-order valence-corrected chi connectivity index (χ4v) is 3.66. The Morgan fingerprint density at radius 2 is 2.00 bits per heavy atom. The van der Waals surface area contributed by atoms with E-state index in [1.165, 1.54) is 19.3 Å². The summed E-state index contributed by atoms with van der Waals surface area (Å²) in [6.07, 6.45) is 5.21. The lowest BCUT2D eigenvalue weighted by Gasteiger charge is -2.22. The highest BCUT2D eigenvalue weighted by atomic mass is 16.4. The minimum atomic E-state index is -1.12. The van der Waals surface area contributed by atoms with Crippen molar-refractivity contribution < 1.29 is 19.5 Å². The second-order valence-corrected chi connectivity index (χ2v) is 6.10. The van der Waals surface area contributed by atoms with Gasteiger partial charge in [-0.15, -0.1) is 0 Å². The second kappa shape index (κ2) is 6.24. The molecule has 0 saturated heterocycles. The molecule has 2 saturated carbocycles. The molecule has 0 aliphatic heterocycles. The molecule has 2 fully saturated rings. The predicted octanol–water partition coefficient (Wildman–Crippen LogP) is 0.648. The summed E-state index contributed by atoms with van der Waals surface area (Å²) in [6, 6.07) is -1.02. The Balaban J connectivity index is 1.79. The van der Waals surface area contributed by atoms with E-state index in [1.807, 2.05) is 0 Å². The third-order valence-corrected chi connectivity index (χ3v) is 4.64. The number of nitrogens with one attached hydrogen (secondary N) is 1. The lowest BCUT2D eigenvalue weighted by atomic mass is 9.86. The molecule has 4 atom stereocenters. The van der Waals surface area contributed by atoms with Crippen molar-refractivity contribution in [2.75, 3.05) is 0 Å². The van der Waals surface area contributed by atoms with Crippen molar-refractivity contribution >= 4 is 17.8 Å². The molecule has 4 unspecified atom stereocenters. The molecule has 20 heavy (non-hydrogen) atoms. The molecular formula is C14H22N2O4. The van der Waals surface area contributed by atoms with Crippen LogP contribution in [0.5, 0.6) is 0 Å². The Bertz CT molecular complexity index is 410. The van der Waals surface area contributed by atoms with Gasteiger partial charge >= 0.3 is 5.97 Å². The van der Waals surface area contributed by atoms with Crippen molar-refractivity contribution in [2.45, 2.75) is 51.0 Å². The number of primary amides is 1.